The third kappa shape index (κ3) is 16.2. The number of benzene rings is 6. The molecule has 0 aliphatic carbocycles. The summed E-state index contributed by atoms with van der Waals surface area (Å²) >= 11 is 0. The van der Waals surface area contributed by atoms with Crippen LogP contribution in [0.5, 0.6) is 17.2 Å². The standard InChI is InChI=1S/C27H36N2O4Si.C24H31NO4.C20H23NO4/c1-17-14-21(29-26(30)32-27(3,4)5)18(2)25(23(16-28)33-34(6,7)8)24(17)20-11-12-22-19(15-20)10-9-13-31-22;1-14-12-18(25)15(2)21(22(23(26)27-6)29-24(3,4)5)20(14)17-9-10-19-16(13-17)8-7-11-28-19;1-11-9-15(21)12(2)18(19(22)20(23)24-3)17(11)14-6-7-16-13(10-14)5-4-8-25-16/h11-12,14-15,23H,9-10,13H2,1-8H3,(H,29,30);9-10,12-13,22H,7-8,11,25H2,1-6H3;6-7,9-10,19,22H,4-5,8,21H2,1-3H3. The number of aliphatic hydroxyl groups excluding tert-OH is 1. The minimum atomic E-state index is -2.05. The third-order valence-corrected chi connectivity index (χ3v) is 16.4. The molecule has 3 unspecified atom stereocenters. The number of methoxy groups -OCH3 is 2. The number of nitrogens with zero attached hydrogens (tertiary/aromatic N) is 1. The number of nitrogen functional groups attached to an aromatic ring is 2. The smallest absolute Gasteiger partial charge is 0.412 e. The van der Waals surface area contributed by atoms with Crippen LogP contribution in [0.1, 0.15) is 146 Å². The number of fused-ring (bicyclic) bond motifs is 3. The Balaban J connectivity index is 0.000000190. The molecule has 16 nitrogen and oxygen atoms in total. The third-order valence-electron chi connectivity index (χ3n) is 15.5. The Morgan fingerprint density at radius 1 is 0.591 bits per heavy atom. The Morgan fingerprint density at radius 2 is 1.00 bits per heavy atom. The molecule has 3 atom stereocenters. The lowest BCUT2D eigenvalue weighted by Crippen LogP contribution is -2.29. The molecule has 0 saturated heterocycles. The highest BCUT2D eigenvalue weighted by Gasteiger charge is 2.35. The number of nitrogens with two attached hydrogens (primary N) is 2. The van der Waals surface area contributed by atoms with Gasteiger partial charge < -0.3 is 54.2 Å². The molecule has 3 heterocycles. The van der Waals surface area contributed by atoms with Crippen LogP contribution >= 0.6 is 0 Å². The van der Waals surface area contributed by atoms with Crippen LogP contribution < -0.4 is 31.0 Å². The van der Waals surface area contributed by atoms with Gasteiger partial charge in [-0.05, 0) is 279 Å². The van der Waals surface area contributed by atoms with E-state index in [0.29, 0.717) is 28.2 Å². The summed E-state index contributed by atoms with van der Waals surface area (Å²) < 4.78 is 45.1. The Kier molecular flexibility index (Phi) is 21.6. The van der Waals surface area contributed by atoms with Crippen LogP contribution in [0.15, 0.2) is 72.8 Å². The molecule has 17 heteroatoms. The van der Waals surface area contributed by atoms with Crippen molar-refractivity contribution >= 4 is 43.4 Å². The van der Waals surface area contributed by atoms with Crippen molar-refractivity contribution in [1.82, 2.24) is 0 Å². The summed E-state index contributed by atoms with van der Waals surface area (Å²) in [6.07, 6.45) is 2.32. The molecular formula is C71H90N4O12Si. The second-order valence-corrected chi connectivity index (χ2v) is 30.3. The minimum Gasteiger partial charge on any atom is -0.493 e. The fourth-order valence-electron chi connectivity index (χ4n) is 11.5. The lowest BCUT2D eigenvalue weighted by atomic mass is 9.86. The normalized spacial score (nSPS) is 14.5. The molecule has 470 valence electrons. The maximum Gasteiger partial charge on any atom is 0.412 e. The number of amides is 1. The van der Waals surface area contributed by atoms with Gasteiger partial charge in [0.25, 0.3) is 0 Å². The van der Waals surface area contributed by atoms with Crippen LogP contribution in [-0.2, 0) is 52.2 Å². The number of anilines is 3. The van der Waals surface area contributed by atoms with Crippen molar-refractivity contribution in [1.29, 1.82) is 5.26 Å². The van der Waals surface area contributed by atoms with Crippen molar-refractivity contribution in [3.8, 4) is 56.7 Å². The number of hydrogen-bond acceptors (Lipinski definition) is 15. The average molecular weight is 1220 g/mol. The Morgan fingerprint density at radius 3 is 1.40 bits per heavy atom. The molecule has 3 aliphatic rings. The predicted molar refractivity (Wildman–Crippen MR) is 350 cm³/mol. The molecule has 0 radical (unpaired) electrons. The van der Waals surface area contributed by atoms with E-state index in [1.807, 2.05) is 131 Å². The van der Waals surface area contributed by atoms with Gasteiger partial charge in [0.05, 0.1) is 45.7 Å². The van der Waals surface area contributed by atoms with Crippen molar-refractivity contribution in [3.05, 3.63) is 140 Å². The molecule has 0 saturated carbocycles. The van der Waals surface area contributed by atoms with Gasteiger partial charge in [-0.15, -0.1) is 0 Å². The maximum atomic E-state index is 12.8. The lowest BCUT2D eigenvalue weighted by molar-refractivity contribution is -0.164. The first-order valence-corrected chi connectivity index (χ1v) is 33.6. The van der Waals surface area contributed by atoms with Gasteiger partial charge in [0, 0.05) is 33.8 Å². The number of aliphatic hydroxyl groups is 1. The molecule has 0 fully saturated rings. The molecule has 88 heavy (non-hydrogen) atoms. The molecule has 6 aromatic carbocycles. The van der Waals surface area contributed by atoms with Crippen molar-refractivity contribution in [3.63, 3.8) is 0 Å². The summed E-state index contributed by atoms with van der Waals surface area (Å²) in [6.45, 7) is 31.3. The minimum absolute atomic E-state index is 0.435. The molecule has 0 aromatic heterocycles. The maximum absolute atomic E-state index is 12.8. The van der Waals surface area contributed by atoms with Gasteiger partial charge in [-0.25, -0.2) is 14.4 Å². The number of carbonyl (C=O) groups excluding carboxylic acids is 3. The van der Waals surface area contributed by atoms with Crippen molar-refractivity contribution in [2.75, 3.05) is 50.8 Å². The number of esters is 2. The summed E-state index contributed by atoms with van der Waals surface area (Å²) in [5.74, 6) is 1.62. The summed E-state index contributed by atoms with van der Waals surface area (Å²) in [5.41, 5.74) is 29.4. The molecule has 9 rings (SSSR count). The number of nitrogens with one attached hydrogen (secondary N) is 1. The highest BCUT2D eigenvalue weighted by Crippen LogP contribution is 2.45. The number of carbonyl (C=O) groups is 3. The monoisotopic (exact) mass is 1220 g/mol. The zero-order valence-corrected chi connectivity index (χ0v) is 55.6. The van der Waals surface area contributed by atoms with Gasteiger partial charge >= 0.3 is 18.0 Å². The molecular weight excluding hydrogens is 1130 g/mol. The highest BCUT2D eigenvalue weighted by atomic mass is 28.4. The number of hydrogen-bond donors (Lipinski definition) is 4. The zero-order chi connectivity index (χ0) is 64.7. The second-order valence-electron chi connectivity index (χ2n) is 25.8. The predicted octanol–water partition coefficient (Wildman–Crippen LogP) is 15.0. The first-order chi connectivity index (χ1) is 41.3. The van der Waals surface area contributed by atoms with E-state index in [9.17, 15) is 24.8 Å². The second kappa shape index (κ2) is 28.1. The highest BCUT2D eigenvalue weighted by molar-refractivity contribution is 6.69. The summed E-state index contributed by atoms with van der Waals surface area (Å²) in [5, 5.41) is 23.6. The average Bonchev–Trinajstić information content (AvgIpc) is 0.902. The number of ether oxygens (including phenoxy) is 7. The van der Waals surface area contributed by atoms with Crippen LogP contribution in [0.4, 0.5) is 21.9 Å². The molecule has 3 aliphatic heterocycles. The van der Waals surface area contributed by atoms with E-state index in [-0.39, 0.29) is 0 Å². The fraction of sp³-hybridized carbons (Fsp3) is 0.437. The van der Waals surface area contributed by atoms with Crippen molar-refractivity contribution in [2.45, 2.75) is 171 Å². The van der Waals surface area contributed by atoms with Crippen LogP contribution in [0, 0.1) is 52.9 Å². The molecule has 0 bridgehead atoms. The summed E-state index contributed by atoms with van der Waals surface area (Å²) in [6, 6.07) is 26.5. The van der Waals surface area contributed by atoms with Gasteiger partial charge in [-0.1, -0.05) is 18.2 Å². The molecule has 0 spiro atoms. The van der Waals surface area contributed by atoms with Crippen LogP contribution in [0.3, 0.4) is 0 Å². The number of aryl methyl sites for hydroxylation is 6. The molecule has 6 N–H and O–H groups in total. The van der Waals surface area contributed by atoms with E-state index in [4.69, 9.17) is 49.1 Å². The summed E-state index contributed by atoms with van der Waals surface area (Å²) in [7, 11) is 0.593. The van der Waals surface area contributed by atoms with Gasteiger partial charge in [-0.3, -0.25) is 5.32 Å². The zero-order valence-electron chi connectivity index (χ0n) is 54.6. The van der Waals surface area contributed by atoms with E-state index in [1.54, 1.807) is 6.92 Å². The van der Waals surface area contributed by atoms with Gasteiger partial charge in [0.1, 0.15) is 22.8 Å². The van der Waals surface area contributed by atoms with E-state index in [0.717, 1.165) is 153 Å². The van der Waals surface area contributed by atoms with Crippen LogP contribution in [0.25, 0.3) is 33.4 Å². The molecule has 6 aromatic rings. The SMILES string of the molecule is COC(=O)C(O)c1c(C)c(N)cc(C)c1-c1ccc2c(c1)CCCO2.COC(=O)C(OC(C)(C)C)c1c(C)c(N)cc(C)c1-c1ccc2c(c1)CCCO2.Cc1cc(NC(=O)OC(C)(C)C)c(C)c(C(C#N)O[Si](C)(C)C)c1-c1ccc2c(c1)CCCO2. The quantitative estimate of drug-likeness (QED) is 0.0386. The fourth-order valence-corrected chi connectivity index (χ4v) is 12.4. The number of rotatable bonds is 12. The largest absolute Gasteiger partial charge is 0.493 e. The lowest BCUT2D eigenvalue weighted by Gasteiger charge is -2.30. The Bertz CT molecular complexity index is 3620. The van der Waals surface area contributed by atoms with E-state index in [1.165, 1.54) is 25.3 Å². The van der Waals surface area contributed by atoms with E-state index < -0.39 is 55.9 Å². The van der Waals surface area contributed by atoms with Gasteiger partial charge in [0.2, 0.25) is 0 Å². The van der Waals surface area contributed by atoms with Crippen LogP contribution in [-0.4, -0.2) is 76.7 Å². The van der Waals surface area contributed by atoms with Crippen molar-refractivity contribution < 1.29 is 57.1 Å². The van der Waals surface area contributed by atoms with Crippen LogP contribution in [0.2, 0.25) is 19.6 Å². The molecule has 1 amide bonds. The van der Waals surface area contributed by atoms with Crippen molar-refractivity contribution in [2.24, 2.45) is 0 Å². The van der Waals surface area contributed by atoms with E-state index >= 15 is 0 Å². The Hall–Kier alpha value is -7.88. The first-order valence-electron chi connectivity index (χ1n) is 30.2. The number of nitriles is 1. The topological polar surface area (TPSA) is 233 Å². The van der Waals surface area contributed by atoms with Gasteiger partial charge in [-0.2, -0.15) is 5.26 Å². The van der Waals surface area contributed by atoms with Gasteiger partial charge in [0.15, 0.2) is 26.6 Å². The summed E-state index contributed by atoms with van der Waals surface area (Å²) in [4.78, 5) is 37.3. The first kappa shape index (κ1) is 67.6. The van der Waals surface area contributed by atoms with E-state index in [2.05, 4.69) is 49.2 Å². The Labute approximate surface area is 521 Å².